The van der Waals surface area contributed by atoms with Crippen molar-refractivity contribution in [2.24, 2.45) is 0 Å². The summed E-state index contributed by atoms with van der Waals surface area (Å²) in [5.74, 6) is 0.0519. The van der Waals surface area contributed by atoms with Crippen molar-refractivity contribution in [3.05, 3.63) is 46.4 Å². The van der Waals surface area contributed by atoms with Gasteiger partial charge < -0.3 is 0 Å². The van der Waals surface area contributed by atoms with Gasteiger partial charge in [-0.2, -0.15) is 5.10 Å². The van der Waals surface area contributed by atoms with Gasteiger partial charge in [0.2, 0.25) is 0 Å². The Morgan fingerprint density at radius 3 is 2.87 bits per heavy atom. The summed E-state index contributed by atoms with van der Waals surface area (Å²) >= 11 is 8.97. The molecule has 2 rings (SSSR count). The van der Waals surface area contributed by atoms with E-state index in [0.717, 1.165) is 10.2 Å². The zero-order valence-corrected chi connectivity index (χ0v) is 9.96. The van der Waals surface area contributed by atoms with Crippen LogP contribution in [0.25, 0.3) is 5.69 Å². The van der Waals surface area contributed by atoms with Crippen LogP contribution in [0.2, 0.25) is 0 Å². The molecule has 0 radical (unpaired) electrons. The first-order chi connectivity index (χ1) is 7.20. The maximum Gasteiger partial charge on any atom is 0.125 e. The highest BCUT2D eigenvalue weighted by Gasteiger charge is 2.05. The zero-order chi connectivity index (χ0) is 10.8. The van der Waals surface area contributed by atoms with E-state index in [1.807, 2.05) is 0 Å². The molecular weight excluding hydrogens is 282 g/mol. The molecule has 0 N–H and O–H groups in total. The van der Waals surface area contributed by atoms with Crippen LogP contribution in [0.15, 0.2) is 34.9 Å². The molecule has 1 aromatic carbocycles. The van der Waals surface area contributed by atoms with Gasteiger partial charge in [0.15, 0.2) is 0 Å². The lowest BCUT2D eigenvalue weighted by molar-refractivity contribution is 0.625. The molecule has 15 heavy (non-hydrogen) atoms. The van der Waals surface area contributed by atoms with Gasteiger partial charge in [-0.15, -0.1) is 11.6 Å². The second-order valence-electron chi connectivity index (χ2n) is 2.98. The number of hydrogen-bond acceptors (Lipinski definition) is 1. The SMILES string of the molecule is Fc1ccc(Br)c(-n2ccc(CCl)n2)c1. The number of benzene rings is 1. The summed E-state index contributed by atoms with van der Waals surface area (Å²) in [5.41, 5.74) is 1.42. The number of aromatic nitrogens is 2. The highest BCUT2D eigenvalue weighted by Crippen LogP contribution is 2.21. The molecule has 0 amide bonds. The summed E-state index contributed by atoms with van der Waals surface area (Å²) in [6, 6.07) is 6.24. The van der Waals surface area contributed by atoms with Crippen molar-refractivity contribution >= 4 is 27.5 Å². The van der Waals surface area contributed by atoms with Crippen LogP contribution >= 0.6 is 27.5 Å². The standard InChI is InChI=1S/C10H7BrClFN2/c11-9-2-1-7(13)5-10(9)15-4-3-8(6-12)14-15/h1-5H,6H2. The maximum atomic E-state index is 13.0. The molecule has 2 aromatic rings. The van der Waals surface area contributed by atoms with Crippen molar-refractivity contribution < 1.29 is 4.39 Å². The third-order valence-corrected chi connectivity index (χ3v) is 2.88. The van der Waals surface area contributed by atoms with E-state index in [0.29, 0.717) is 11.6 Å². The molecule has 0 unspecified atom stereocenters. The Hall–Kier alpha value is -0.870. The normalized spacial score (nSPS) is 10.6. The summed E-state index contributed by atoms with van der Waals surface area (Å²) in [6.07, 6.45) is 1.75. The quantitative estimate of drug-likeness (QED) is 0.774. The number of alkyl halides is 1. The molecule has 0 aliphatic carbocycles. The zero-order valence-electron chi connectivity index (χ0n) is 7.62. The predicted octanol–water partition coefficient (Wildman–Crippen LogP) is 3.51. The number of halogens is 3. The summed E-state index contributed by atoms with van der Waals surface area (Å²) < 4.78 is 15.4. The van der Waals surface area contributed by atoms with Crippen molar-refractivity contribution in [3.8, 4) is 5.69 Å². The lowest BCUT2D eigenvalue weighted by atomic mass is 10.3. The van der Waals surface area contributed by atoms with Crippen LogP contribution in [0.1, 0.15) is 5.69 Å². The minimum atomic E-state index is -0.295. The second-order valence-corrected chi connectivity index (χ2v) is 4.10. The lowest BCUT2D eigenvalue weighted by Gasteiger charge is -2.04. The predicted molar refractivity (Wildman–Crippen MR) is 60.8 cm³/mol. The van der Waals surface area contributed by atoms with Crippen LogP contribution in [0.3, 0.4) is 0 Å². The van der Waals surface area contributed by atoms with Gasteiger partial charge in [0.1, 0.15) is 5.82 Å². The van der Waals surface area contributed by atoms with Gasteiger partial charge in [0.05, 0.1) is 17.3 Å². The van der Waals surface area contributed by atoms with E-state index < -0.39 is 0 Å². The average Bonchev–Trinajstić information content (AvgIpc) is 2.70. The molecule has 1 heterocycles. The van der Waals surface area contributed by atoms with Crippen LogP contribution in [0, 0.1) is 5.82 Å². The topological polar surface area (TPSA) is 17.8 Å². The van der Waals surface area contributed by atoms with Gasteiger partial charge in [0.25, 0.3) is 0 Å². The van der Waals surface area contributed by atoms with Crippen molar-refractivity contribution in [2.45, 2.75) is 5.88 Å². The Morgan fingerprint density at radius 2 is 2.20 bits per heavy atom. The maximum absolute atomic E-state index is 13.0. The monoisotopic (exact) mass is 288 g/mol. The largest absolute Gasteiger partial charge is 0.239 e. The van der Waals surface area contributed by atoms with E-state index in [1.54, 1.807) is 23.0 Å². The fourth-order valence-electron chi connectivity index (χ4n) is 1.23. The molecule has 2 nitrogen and oxygen atoms in total. The summed E-state index contributed by atoms with van der Waals surface area (Å²) in [5, 5.41) is 4.19. The van der Waals surface area contributed by atoms with E-state index in [9.17, 15) is 4.39 Å². The average molecular weight is 290 g/mol. The van der Waals surface area contributed by atoms with Gasteiger partial charge in [-0.3, -0.25) is 0 Å². The van der Waals surface area contributed by atoms with Crippen molar-refractivity contribution in [1.29, 1.82) is 0 Å². The van der Waals surface area contributed by atoms with E-state index in [4.69, 9.17) is 11.6 Å². The van der Waals surface area contributed by atoms with E-state index in [2.05, 4.69) is 21.0 Å². The van der Waals surface area contributed by atoms with E-state index in [1.165, 1.54) is 12.1 Å². The molecule has 0 bridgehead atoms. The lowest BCUT2D eigenvalue weighted by Crippen LogP contribution is -1.97. The van der Waals surface area contributed by atoms with Crippen molar-refractivity contribution in [2.75, 3.05) is 0 Å². The Morgan fingerprint density at radius 1 is 1.40 bits per heavy atom. The number of rotatable bonds is 2. The molecule has 0 saturated heterocycles. The Labute approximate surface area is 99.8 Å². The molecular formula is C10H7BrClFN2. The minimum Gasteiger partial charge on any atom is -0.239 e. The smallest absolute Gasteiger partial charge is 0.125 e. The summed E-state index contributed by atoms with van der Waals surface area (Å²) in [4.78, 5) is 0. The number of nitrogens with zero attached hydrogens (tertiary/aromatic N) is 2. The molecule has 0 aliphatic heterocycles. The molecule has 0 atom stereocenters. The first-order valence-electron chi connectivity index (χ1n) is 4.26. The first-order valence-corrected chi connectivity index (χ1v) is 5.59. The molecule has 1 aromatic heterocycles. The van der Waals surface area contributed by atoms with Crippen molar-refractivity contribution in [3.63, 3.8) is 0 Å². The van der Waals surface area contributed by atoms with Crippen LogP contribution in [0.4, 0.5) is 4.39 Å². The second kappa shape index (κ2) is 4.33. The highest BCUT2D eigenvalue weighted by molar-refractivity contribution is 9.10. The molecule has 0 fully saturated rings. The Bertz CT molecular complexity index is 484. The van der Waals surface area contributed by atoms with Gasteiger partial charge >= 0.3 is 0 Å². The Balaban J connectivity index is 2.48. The van der Waals surface area contributed by atoms with Crippen LogP contribution < -0.4 is 0 Å². The fraction of sp³-hybridized carbons (Fsp3) is 0.100. The van der Waals surface area contributed by atoms with Crippen LogP contribution in [-0.2, 0) is 5.88 Å². The third-order valence-electron chi connectivity index (χ3n) is 1.94. The summed E-state index contributed by atoms with van der Waals surface area (Å²) in [6.45, 7) is 0. The van der Waals surface area contributed by atoms with Gasteiger partial charge in [-0.1, -0.05) is 0 Å². The molecule has 0 spiro atoms. The molecule has 0 aliphatic rings. The highest BCUT2D eigenvalue weighted by atomic mass is 79.9. The van der Waals surface area contributed by atoms with E-state index in [-0.39, 0.29) is 5.82 Å². The van der Waals surface area contributed by atoms with Crippen LogP contribution in [-0.4, -0.2) is 9.78 Å². The van der Waals surface area contributed by atoms with Gasteiger partial charge in [-0.05, 0) is 34.1 Å². The van der Waals surface area contributed by atoms with Gasteiger partial charge in [0, 0.05) is 16.7 Å². The van der Waals surface area contributed by atoms with Gasteiger partial charge in [-0.25, -0.2) is 9.07 Å². The molecule has 78 valence electrons. The molecule has 5 heteroatoms. The minimum absolute atomic E-state index is 0.295. The third kappa shape index (κ3) is 2.21. The van der Waals surface area contributed by atoms with E-state index >= 15 is 0 Å². The Kier molecular flexibility index (Phi) is 3.07. The fourth-order valence-corrected chi connectivity index (χ4v) is 1.80. The number of hydrogen-bond donors (Lipinski definition) is 0. The van der Waals surface area contributed by atoms with Crippen molar-refractivity contribution in [1.82, 2.24) is 9.78 Å². The molecule has 0 saturated carbocycles. The van der Waals surface area contributed by atoms with Crippen LogP contribution in [0.5, 0.6) is 0 Å². The summed E-state index contributed by atoms with van der Waals surface area (Å²) in [7, 11) is 0. The first kappa shape index (κ1) is 10.6.